The molecule has 0 amide bonds. The maximum atomic E-state index is 5.85. The molecule has 18 heavy (non-hydrogen) atoms. The highest BCUT2D eigenvalue weighted by Crippen LogP contribution is 2.23. The zero-order valence-electron chi connectivity index (χ0n) is 9.67. The molecule has 0 spiro atoms. The van der Waals surface area contributed by atoms with E-state index >= 15 is 0 Å². The van der Waals surface area contributed by atoms with Crippen LogP contribution in [0, 0.1) is 0 Å². The van der Waals surface area contributed by atoms with Crippen LogP contribution in [0.25, 0.3) is 27.5 Å². The minimum Gasteiger partial charge on any atom is -0.299 e. The van der Waals surface area contributed by atoms with E-state index in [0.717, 1.165) is 27.5 Å². The smallest absolute Gasteiger partial charge is 0.145 e. The number of rotatable bonds is 0. The molecule has 4 rings (SSSR count). The molecule has 0 aliphatic carbocycles. The van der Waals surface area contributed by atoms with E-state index in [4.69, 9.17) is 12.8 Å². The number of fused-ring (bicyclic) bond motifs is 5. The maximum absolute atomic E-state index is 5.85. The highest BCUT2D eigenvalue weighted by atomic mass is 15.0. The van der Waals surface area contributed by atoms with Crippen molar-refractivity contribution in [2.24, 2.45) is 0 Å². The average molecular weight is 228 g/mol. The van der Waals surface area contributed by atoms with Crippen molar-refractivity contribution in [1.29, 1.82) is 0 Å². The first-order valence-electron chi connectivity index (χ1n) is 5.88. The van der Waals surface area contributed by atoms with Gasteiger partial charge in [0.25, 0.3) is 0 Å². The van der Waals surface area contributed by atoms with E-state index in [1.807, 2.05) is 36.5 Å². The quantitative estimate of drug-likeness (QED) is 0.422. The summed E-state index contributed by atoms with van der Waals surface area (Å²) in [4.78, 5) is 4.69. The Labute approximate surface area is 105 Å². The number of imidazole rings is 1. The molecule has 0 aliphatic heterocycles. The minimum atomic E-state index is 0.762. The standard InChI is InChI=1S/C15H9BN2/c16-11-5-6-13-14(9-11)18-8-7-10-3-1-2-4-12(10)15(18)17-13/h1-9H. The fourth-order valence-corrected chi connectivity index (χ4v) is 2.45. The lowest BCUT2D eigenvalue weighted by Crippen LogP contribution is -2.00. The summed E-state index contributed by atoms with van der Waals surface area (Å²) in [5.41, 5.74) is 3.77. The number of nitrogens with zero attached hydrogens (tertiary/aromatic N) is 2. The van der Waals surface area contributed by atoms with Crippen LogP contribution in [0.15, 0.2) is 54.7 Å². The third kappa shape index (κ3) is 1.22. The van der Waals surface area contributed by atoms with E-state index in [0.29, 0.717) is 0 Å². The number of pyridine rings is 1. The Kier molecular flexibility index (Phi) is 1.81. The molecular formula is C15H9BN2. The Hall–Kier alpha value is -2.29. The lowest BCUT2D eigenvalue weighted by Gasteiger charge is -2.00. The maximum Gasteiger partial charge on any atom is 0.145 e. The van der Waals surface area contributed by atoms with Crippen LogP contribution in [0.2, 0.25) is 0 Å². The fourth-order valence-electron chi connectivity index (χ4n) is 2.45. The summed E-state index contributed by atoms with van der Waals surface area (Å²) >= 11 is 0. The van der Waals surface area contributed by atoms with Gasteiger partial charge in [0.1, 0.15) is 13.5 Å². The molecule has 3 heteroatoms. The van der Waals surface area contributed by atoms with Crippen molar-refractivity contribution < 1.29 is 0 Å². The third-order valence-corrected chi connectivity index (χ3v) is 3.32. The van der Waals surface area contributed by atoms with Crippen LogP contribution >= 0.6 is 0 Å². The monoisotopic (exact) mass is 228 g/mol. The Morgan fingerprint density at radius 2 is 1.89 bits per heavy atom. The molecule has 4 aromatic rings. The summed E-state index contributed by atoms with van der Waals surface area (Å²) in [6.45, 7) is 0. The van der Waals surface area contributed by atoms with Crippen molar-refractivity contribution in [1.82, 2.24) is 9.38 Å². The van der Waals surface area contributed by atoms with Gasteiger partial charge in [-0.2, -0.15) is 0 Å². The Morgan fingerprint density at radius 3 is 2.83 bits per heavy atom. The first-order valence-corrected chi connectivity index (χ1v) is 5.88. The van der Waals surface area contributed by atoms with Gasteiger partial charge in [0, 0.05) is 11.6 Å². The summed E-state index contributed by atoms with van der Waals surface area (Å²) in [6, 6.07) is 16.2. The molecule has 0 unspecified atom stereocenters. The summed E-state index contributed by atoms with van der Waals surface area (Å²) in [6.07, 6.45) is 2.05. The molecule has 0 aliphatic rings. The second-order valence-electron chi connectivity index (χ2n) is 4.46. The highest BCUT2D eigenvalue weighted by Gasteiger charge is 2.06. The lowest BCUT2D eigenvalue weighted by molar-refractivity contribution is 1.25. The first kappa shape index (κ1) is 9.72. The van der Waals surface area contributed by atoms with Crippen LogP contribution in [0.5, 0.6) is 0 Å². The molecular weight excluding hydrogens is 219 g/mol. The van der Waals surface area contributed by atoms with Gasteiger partial charge in [-0.1, -0.05) is 35.8 Å². The molecule has 0 N–H and O–H groups in total. The van der Waals surface area contributed by atoms with Crippen molar-refractivity contribution >= 4 is 40.8 Å². The lowest BCUT2D eigenvalue weighted by atomic mass is 9.96. The van der Waals surface area contributed by atoms with Crippen LogP contribution in [-0.2, 0) is 0 Å². The van der Waals surface area contributed by atoms with Gasteiger partial charge < -0.3 is 0 Å². The molecule has 0 saturated heterocycles. The first-order chi connectivity index (χ1) is 8.83. The van der Waals surface area contributed by atoms with Gasteiger partial charge in [-0.3, -0.25) is 4.40 Å². The SMILES string of the molecule is [B]c1ccc2nc3c4ccccc4ccn3c2c1. The fraction of sp³-hybridized carbons (Fsp3) is 0. The van der Waals surface area contributed by atoms with Crippen LogP contribution in [0.3, 0.4) is 0 Å². The van der Waals surface area contributed by atoms with Crippen LogP contribution in [0.1, 0.15) is 0 Å². The van der Waals surface area contributed by atoms with Gasteiger partial charge in [-0.15, -0.1) is 0 Å². The van der Waals surface area contributed by atoms with Gasteiger partial charge >= 0.3 is 0 Å². The van der Waals surface area contributed by atoms with Crippen LogP contribution < -0.4 is 5.46 Å². The van der Waals surface area contributed by atoms with Crippen LogP contribution in [0.4, 0.5) is 0 Å². The van der Waals surface area contributed by atoms with E-state index < -0.39 is 0 Å². The molecule has 2 heterocycles. The molecule has 0 atom stereocenters. The van der Waals surface area contributed by atoms with Gasteiger partial charge in [0.15, 0.2) is 0 Å². The molecule has 2 radical (unpaired) electrons. The van der Waals surface area contributed by atoms with E-state index in [1.54, 1.807) is 0 Å². The van der Waals surface area contributed by atoms with Gasteiger partial charge in [0.05, 0.1) is 11.0 Å². The van der Waals surface area contributed by atoms with Gasteiger partial charge in [-0.05, 0) is 23.6 Å². The summed E-state index contributed by atoms with van der Waals surface area (Å²) in [7, 11) is 5.85. The highest BCUT2D eigenvalue weighted by molar-refractivity contribution is 6.33. The Balaban J connectivity index is 2.30. The molecule has 2 nitrogen and oxygen atoms in total. The third-order valence-electron chi connectivity index (χ3n) is 3.32. The van der Waals surface area contributed by atoms with Gasteiger partial charge in [-0.25, -0.2) is 4.98 Å². The van der Waals surface area contributed by atoms with Crippen molar-refractivity contribution in [3.63, 3.8) is 0 Å². The molecule has 82 valence electrons. The number of hydrogen-bond donors (Lipinski definition) is 0. The van der Waals surface area contributed by atoms with E-state index in [2.05, 4.69) is 22.6 Å². The predicted octanol–water partition coefficient (Wildman–Crippen LogP) is 2.43. The predicted molar refractivity (Wildman–Crippen MR) is 75.6 cm³/mol. The van der Waals surface area contributed by atoms with E-state index in [9.17, 15) is 0 Å². The molecule has 0 fully saturated rings. The number of hydrogen-bond acceptors (Lipinski definition) is 1. The van der Waals surface area contributed by atoms with Crippen molar-refractivity contribution in [2.45, 2.75) is 0 Å². The van der Waals surface area contributed by atoms with Crippen molar-refractivity contribution in [3.8, 4) is 0 Å². The van der Waals surface area contributed by atoms with E-state index in [1.165, 1.54) is 5.39 Å². The van der Waals surface area contributed by atoms with Gasteiger partial charge in [0.2, 0.25) is 0 Å². The largest absolute Gasteiger partial charge is 0.299 e. The zero-order valence-corrected chi connectivity index (χ0v) is 9.67. The normalized spacial score (nSPS) is 11.6. The van der Waals surface area contributed by atoms with Crippen molar-refractivity contribution in [2.75, 3.05) is 0 Å². The van der Waals surface area contributed by atoms with Crippen molar-refractivity contribution in [3.05, 3.63) is 54.7 Å². The topological polar surface area (TPSA) is 17.3 Å². The van der Waals surface area contributed by atoms with E-state index in [-0.39, 0.29) is 0 Å². The summed E-state index contributed by atoms with van der Waals surface area (Å²) in [5, 5.41) is 2.36. The summed E-state index contributed by atoms with van der Waals surface area (Å²) in [5.74, 6) is 0. The van der Waals surface area contributed by atoms with Crippen LogP contribution in [-0.4, -0.2) is 17.2 Å². The number of benzene rings is 2. The number of aromatic nitrogens is 2. The Bertz CT molecular complexity index is 893. The summed E-state index contributed by atoms with van der Waals surface area (Å²) < 4.78 is 2.09. The average Bonchev–Trinajstić information content (AvgIpc) is 2.77. The zero-order chi connectivity index (χ0) is 12.1. The second-order valence-corrected chi connectivity index (χ2v) is 4.46. The molecule has 2 aromatic carbocycles. The minimum absolute atomic E-state index is 0.762. The molecule has 0 saturated carbocycles. The molecule has 2 aromatic heterocycles. The Morgan fingerprint density at radius 1 is 1.00 bits per heavy atom. The second kappa shape index (κ2) is 3.36. The molecule has 0 bridgehead atoms.